The van der Waals surface area contributed by atoms with Gasteiger partial charge in [-0.3, -0.25) is 19.4 Å². The second kappa shape index (κ2) is 17.3. The maximum Gasteiger partial charge on any atom is 0.411 e. The summed E-state index contributed by atoms with van der Waals surface area (Å²) in [6.07, 6.45) is -0.165. The number of likely N-dealkylation sites (N-methyl/N-ethyl adjacent to an activating group) is 1. The van der Waals surface area contributed by atoms with Gasteiger partial charge in [0.05, 0.1) is 12.5 Å². The summed E-state index contributed by atoms with van der Waals surface area (Å²) in [5.41, 5.74) is 3.18. The van der Waals surface area contributed by atoms with Gasteiger partial charge in [0.25, 0.3) is 0 Å². The Hall–Kier alpha value is -3.63. The predicted molar refractivity (Wildman–Crippen MR) is 203 cm³/mol. The third kappa shape index (κ3) is 10.0. The third-order valence-corrected chi connectivity index (χ3v) is 10.4. The molecular weight excluding hydrogens is 685 g/mol. The molecule has 3 aromatic rings. The number of hydrogen-bond donors (Lipinski definition) is 1. The molecule has 1 N–H and O–H groups in total. The maximum atomic E-state index is 14.3. The van der Waals surface area contributed by atoms with Crippen molar-refractivity contribution >= 4 is 41.1 Å². The van der Waals surface area contributed by atoms with Crippen LogP contribution in [0.1, 0.15) is 75.4 Å². The van der Waals surface area contributed by atoms with Gasteiger partial charge in [0.15, 0.2) is 0 Å². The fraction of sp³-hybridized carbons (Fsp3) is 0.475. The number of piperazine rings is 1. The third-order valence-electron chi connectivity index (χ3n) is 9.78. The maximum absolute atomic E-state index is 14.3. The first-order chi connectivity index (χ1) is 24.4. The van der Waals surface area contributed by atoms with E-state index in [-0.39, 0.29) is 24.3 Å². The first kappa shape index (κ1) is 38.6. The number of nitrogens with one attached hydrogen (secondary N) is 1. The highest BCUT2D eigenvalue weighted by atomic mass is 35.5. The summed E-state index contributed by atoms with van der Waals surface area (Å²) in [5, 5.41) is 4.41. The van der Waals surface area contributed by atoms with Crippen LogP contribution in [-0.4, -0.2) is 95.0 Å². The minimum atomic E-state index is -0.799. The van der Waals surface area contributed by atoms with Crippen molar-refractivity contribution < 1.29 is 19.1 Å². The molecule has 0 saturated carbocycles. The largest absolute Gasteiger partial charge is 0.444 e. The molecule has 3 aromatic carbocycles. The van der Waals surface area contributed by atoms with Crippen molar-refractivity contribution in [2.24, 2.45) is 0 Å². The van der Waals surface area contributed by atoms with Gasteiger partial charge in [-0.15, -0.1) is 0 Å². The average molecular weight is 737 g/mol. The minimum Gasteiger partial charge on any atom is -0.444 e. The van der Waals surface area contributed by atoms with Crippen molar-refractivity contribution in [3.63, 3.8) is 0 Å². The molecule has 0 aromatic heterocycles. The number of carbonyl (C=O) groups is 3. The molecule has 1 fully saturated rings. The monoisotopic (exact) mass is 735 g/mol. The van der Waals surface area contributed by atoms with Crippen LogP contribution in [0, 0.1) is 0 Å². The molecule has 2 aliphatic heterocycles. The summed E-state index contributed by atoms with van der Waals surface area (Å²) in [6, 6.07) is 21.9. The number of nitrogens with zero attached hydrogens (tertiary/aromatic N) is 4. The van der Waals surface area contributed by atoms with Gasteiger partial charge in [0.1, 0.15) is 11.6 Å². The molecule has 11 heteroatoms. The van der Waals surface area contributed by atoms with E-state index in [9.17, 15) is 14.4 Å². The van der Waals surface area contributed by atoms with E-state index in [4.69, 9.17) is 27.9 Å². The van der Waals surface area contributed by atoms with Crippen LogP contribution in [0.4, 0.5) is 4.79 Å². The fourth-order valence-electron chi connectivity index (χ4n) is 7.04. The predicted octanol–water partition coefficient (Wildman–Crippen LogP) is 7.13. The molecule has 0 spiro atoms. The number of benzene rings is 3. The van der Waals surface area contributed by atoms with Crippen LogP contribution < -0.4 is 5.32 Å². The van der Waals surface area contributed by atoms with E-state index in [1.165, 1.54) is 0 Å². The number of hydrogen-bond acceptors (Lipinski definition) is 6. The lowest BCUT2D eigenvalue weighted by molar-refractivity contribution is -0.138. The highest BCUT2D eigenvalue weighted by Crippen LogP contribution is 2.37. The van der Waals surface area contributed by atoms with Gasteiger partial charge in [-0.05, 0) is 74.3 Å². The average Bonchev–Trinajstić information content (AvgIpc) is 3.47. The molecule has 0 radical (unpaired) electrons. The van der Waals surface area contributed by atoms with Gasteiger partial charge in [0.2, 0.25) is 11.8 Å². The number of halogens is 2. The van der Waals surface area contributed by atoms with Crippen LogP contribution in [0.3, 0.4) is 0 Å². The number of ether oxygens (including phenoxy) is 1. The summed E-state index contributed by atoms with van der Waals surface area (Å²) in [7, 11) is 0. The molecule has 0 bridgehead atoms. The summed E-state index contributed by atoms with van der Waals surface area (Å²) in [6.45, 7) is 15.3. The summed E-state index contributed by atoms with van der Waals surface area (Å²) < 4.78 is 5.72. The molecule has 1 saturated heterocycles. The van der Waals surface area contributed by atoms with Gasteiger partial charge in [-0.25, -0.2) is 4.79 Å². The van der Waals surface area contributed by atoms with Crippen molar-refractivity contribution in [1.82, 2.24) is 24.9 Å². The van der Waals surface area contributed by atoms with E-state index in [0.717, 1.165) is 46.9 Å². The molecule has 9 nitrogen and oxygen atoms in total. The quantitative estimate of drug-likeness (QED) is 0.213. The van der Waals surface area contributed by atoms with Crippen LogP contribution in [0.2, 0.25) is 10.0 Å². The number of carbonyl (C=O) groups excluding carboxylic acids is 3. The zero-order valence-electron chi connectivity index (χ0n) is 30.4. The van der Waals surface area contributed by atoms with E-state index in [2.05, 4.69) is 35.0 Å². The zero-order valence-corrected chi connectivity index (χ0v) is 31.9. The number of rotatable bonds is 12. The van der Waals surface area contributed by atoms with Crippen molar-refractivity contribution in [2.75, 3.05) is 45.8 Å². The highest BCUT2D eigenvalue weighted by molar-refractivity contribution is 6.31. The van der Waals surface area contributed by atoms with Gasteiger partial charge in [0, 0.05) is 61.8 Å². The van der Waals surface area contributed by atoms with Gasteiger partial charge in [-0.1, -0.05) is 91.6 Å². The lowest BCUT2D eigenvalue weighted by Gasteiger charge is -2.42. The molecule has 5 rings (SSSR count). The normalized spacial score (nSPS) is 17.6. The van der Waals surface area contributed by atoms with Gasteiger partial charge >= 0.3 is 6.09 Å². The lowest BCUT2D eigenvalue weighted by atomic mass is 10.0. The summed E-state index contributed by atoms with van der Waals surface area (Å²) in [5.74, 6) is -0.443. The Kier molecular flexibility index (Phi) is 13.1. The van der Waals surface area contributed by atoms with Gasteiger partial charge < -0.3 is 19.9 Å². The second-order valence-corrected chi connectivity index (χ2v) is 15.2. The molecule has 3 amide bonds. The minimum absolute atomic E-state index is 0.000691. The Morgan fingerprint density at radius 2 is 1.55 bits per heavy atom. The van der Waals surface area contributed by atoms with E-state index in [1.807, 2.05) is 80.3 Å². The van der Waals surface area contributed by atoms with Crippen LogP contribution in [0.15, 0.2) is 72.8 Å². The Morgan fingerprint density at radius 3 is 2.20 bits per heavy atom. The summed E-state index contributed by atoms with van der Waals surface area (Å²) >= 11 is 12.9. The number of amides is 3. The molecule has 0 aliphatic carbocycles. The lowest BCUT2D eigenvalue weighted by Crippen LogP contribution is -2.56. The Morgan fingerprint density at radius 1 is 0.902 bits per heavy atom. The van der Waals surface area contributed by atoms with E-state index >= 15 is 0 Å². The first-order valence-corrected chi connectivity index (χ1v) is 18.7. The standard InChI is InChI=1S/C40H51Cl2N5O4/c1-6-44(7-2)27-36(32-14-10-11-15-33(32)42)45-20-22-46(23-21-45)38(49)34(24-28-16-18-30(41)19-17-28)43-37(48)25-35-31-13-9-8-12-29(31)26-47(35)39(50)51-40(3,4)5/h8-19,34-36H,6-7,20-27H2,1-5H3,(H,43,48)/t34-,35?,36?/m1/s1. The van der Waals surface area contributed by atoms with Crippen molar-refractivity contribution in [3.05, 3.63) is 105 Å². The van der Waals surface area contributed by atoms with Crippen molar-refractivity contribution in [3.8, 4) is 0 Å². The van der Waals surface area contributed by atoms with Gasteiger partial charge in [-0.2, -0.15) is 0 Å². The van der Waals surface area contributed by atoms with Crippen LogP contribution >= 0.6 is 23.2 Å². The van der Waals surface area contributed by atoms with E-state index in [1.54, 1.807) is 17.0 Å². The molecule has 274 valence electrons. The number of fused-ring (bicyclic) bond motifs is 1. The van der Waals surface area contributed by atoms with Crippen LogP contribution in [-0.2, 0) is 27.3 Å². The molecular formula is C40H51Cl2N5O4. The highest BCUT2D eigenvalue weighted by Gasteiger charge is 2.38. The zero-order chi connectivity index (χ0) is 36.7. The molecule has 2 unspecified atom stereocenters. The topological polar surface area (TPSA) is 85.4 Å². The molecule has 2 aliphatic rings. The first-order valence-electron chi connectivity index (χ1n) is 18.0. The molecule has 2 heterocycles. The Labute approximate surface area is 312 Å². The van der Waals surface area contributed by atoms with Crippen LogP contribution in [0.25, 0.3) is 0 Å². The Bertz CT molecular complexity index is 1650. The molecule has 51 heavy (non-hydrogen) atoms. The SMILES string of the molecule is CCN(CC)CC(c1ccccc1Cl)N1CCN(C(=O)[C@@H](Cc2ccc(Cl)cc2)NC(=O)CC2c3ccccc3CN2C(=O)OC(C)(C)C)CC1. The molecule has 3 atom stereocenters. The summed E-state index contributed by atoms with van der Waals surface area (Å²) in [4.78, 5) is 49.8. The van der Waals surface area contributed by atoms with E-state index in [0.29, 0.717) is 44.2 Å². The fourth-order valence-corrected chi connectivity index (χ4v) is 7.43. The second-order valence-electron chi connectivity index (χ2n) is 14.4. The van der Waals surface area contributed by atoms with Crippen LogP contribution in [0.5, 0.6) is 0 Å². The smallest absolute Gasteiger partial charge is 0.411 e. The van der Waals surface area contributed by atoms with Crippen molar-refractivity contribution in [2.45, 2.75) is 77.7 Å². The Balaban J connectivity index is 1.32. The van der Waals surface area contributed by atoms with Crippen molar-refractivity contribution in [1.29, 1.82) is 0 Å². The van der Waals surface area contributed by atoms with E-state index < -0.39 is 23.8 Å².